The molecule has 0 radical (unpaired) electrons. The molecule has 27 heavy (non-hydrogen) atoms. The van der Waals surface area contributed by atoms with Crippen molar-refractivity contribution in [1.82, 2.24) is 13.9 Å². The number of benzene rings is 2. The van der Waals surface area contributed by atoms with Crippen molar-refractivity contribution in [3.63, 3.8) is 0 Å². The lowest BCUT2D eigenvalue weighted by Gasteiger charge is -2.05. The summed E-state index contributed by atoms with van der Waals surface area (Å²) in [5, 5.41) is 10.5. The number of nitrogens with zero attached hydrogens (tertiary/aromatic N) is 2. The fourth-order valence-electron chi connectivity index (χ4n) is 3.05. The predicted molar refractivity (Wildman–Crippen MR) is 108 cm³/mol. The van der Waals surface area contributed by atoms with Gasteiger partial charge in [0.15, 0.2) is 4.77 Å². The molecule has 2 N–H and O–H groups in total. The second-order valence-corrected chi connectivity index (χ2v) is 8.40. The van der Waals surface area contributed by atoms with Crippen molar-refractivity contribution in [1.29, 1.82) is 0 Å². The first-order valence-corrected chi connectivity index (χ1v) is 10.3. The molecule has 8 heteroatoms. The summed E-state index contributed by atoms with van der Waals surface area (Å²) in [6, 6.07) is 15.8. The highest BCUT2D eigenvalue weighted by Crippen LogP contribution is 2.32. The summed E-state index contributed by atoms with van der Waals surface area (Å²) in [5.74, 6) is 0.128. The van der Waals surface area contributed by atoms with Crippen LogP contribution in [0.1, 0.15) is 0 Å². The molecule has 0 bridgehead atoms. The van der Waals surface area contributed by atoms with Crippen molar-refractivity contribution < 1.29 is 13.5 Å². The molecule has 0 atom stereocenters. The van der Waals surface area contributed by atoms with E-state index in [1.165, 1.54) is 3.97 Å². The Morgan fingerprint density at radius 2 is 1.89 bits per heavy atom. The molecule has 0 amide bonds. The Kier molecular flexibility index (Phi) is 4.09. The minimum atomic E-state index is -3.47. The van der Waals surface area contributed by atoms with Crippen LogP contribution in [0.4, 0.5) is 0 Å². The van der Waals surface area contributed by atoms with E-state index in [-0.39, 0.29) is 10.5 Å². The molecule has 2 heterocycles. The highest BCUT2D eigenvalue weighted by Gasteiger charge is 2.16. The number of rotatable bonds is 3. The minimum Gasteiger partial charge on any atom is -0.508 e. The average Bonchev–Trinajstić information content (AvgIpc) is 3.01. The number of phenols is 1. The molecule has 0 saturated heterocycles. The third-order valence-corrected chi connectivity index (χ3v) is 5.42. The molecule has 2 aromatic heterocycles. The average molecular weight is 397 g/mol. The minimum absolute atomic E-state index is 0.128. The van der Waals surface area contributed by atoms with Crippen LogP contribution < -0.4 is 0 Å². The maximum absolute atomic E-state index is 12.2. The molecule has 0 saturated carbocycles. The third-order valence-electron chi connectivity index (χ3n) is 4.21. The van der Waals surface area contributed by atoms with Crippen LogP contribution in [0, 0.1) is 4.77 Å². The quantitative estimate of drug-likeness (QED) is 0.511. The summed E-state index contributed by atoms with van der Waals surface area (Å²) >= 11 is 5.27. The Hall–Kier alpha value is -2.97. The SMILES string of the molecule is CS(=O)(=O)n1cc(-c2cc(-c3cccc(O)c3)nc(=S)[nH]2)c2ccccc21. The Morgan fingerprint density at radius 1 is 1.11 bits per heavy atom. The number of nitrogens with one attached hydrogen (secondary N) is 1. The van der Waals surface area contributed by atoms with Crippen LogP contribution in [-0.2, 0) is 10.0 Å². The van der Waals surface area contributed by atoms with Gasteiger partial charge < -0.3 is 10.1 Å². The van der Waals surface area contributed by atoms with E-state index in [9.17, 15) is 13.5 Å². The number of aromatic amines is 1. The number of hydrogen-bond acceptors (Lipinski definition) is 5. The van der Waals surface area contributed by atoms with Crippen LogP contribution >= 0.6 is 12.2 Å². The Bertz CT molecular complexity index is 1340. The topological polar surface area (TPSA) is 88.0 Å². The van der Waals surface area contributed by atoms with Crippen LogP contribution in [0.2, 0.25) is 0 Å². The molecular formula is C19H15N3O3S2. The molecule has 0 unspecified atom stereocenters. The van der Waals surface area contributed by atoms with Gasteiger partial charge in [0.05, 0.1) is 23.2 Å². The standard InChI is InChI=1S/C19H15N3O3S2/c1-27(24,25)22-11-15(14-7-2-3-8-18(14)22)17-10-16(20-19(26)21-17)12-5-4-6-13(23)9-12/h2-11,23H,1H3,(H,20,21,26). The lowest BCUT2D eigenvalue weighted by molar-refractivity contribution is 0.475. The number of fused-ring (bicyclic) bond motifs is 1. The molecule has 4 rings (SSSR count). The van der Waals surface area contributed by atoms with Gasteiger partial charge in [-0.25, -0.2) is 17.4 Å². The molecule has 0 aliphatic rings. The number of phenolic OH excluding ortho intramolecular Hbond substituents is 1. The number of aromatic nitrogens is 3. The largest absolute Gasteiger partial charge is 0.508 e. The molecule has 2 aromatic carbocycles. The molecule has 0 spiro atoms. The van der Waals surface area contributed by atoms with Crippen molar-refractivity contribution in [3.05, 3.63) is 65.6 Å². The van der Waals surface area contributed by atoms with Crippen molar-refractivity contribution in [2.45, 2.75) is 0 Å². The van der Waals surface area contributed by atoms with E-state index in [4.69, 9.17) is 12.2 Å². The molecule has 136 valence electrons. The van der Waals surface area contributed by atoms with Crippen LogP contribution in [-0.4, -0.2) is 33.7 Å². The summed E-state index contributed by atoms with van der Waals surface area (Å²) in [5.41, 5.74) is 3.23. The zero-order valence-corrected chi connectivity index (χ0v) is 15.9. The number of aromatic hydroxyl groups is 1. The van der Waals surface area contributed by atoms with Crippen LogP contribution in [0.25, 0.3) is 33.4 Å². The summed E-state index contributed by atoms with van der Waals surface area (Å²) in [7, 11) is -3.47. The lowest BCUT2D eigenvalue weighted by Crippen LogP contribution is -2.07. The summed E-state index contributed by atoms with van der Waals surface area (Å²) in [4.78, 5) is 7.37. The summed E-state index contributed by atoms with van der Waals surface area (Å²) < 4.78 is 25.9. The molecule has 0 aliphatic carbocycles. The van der Waals surface area contributed by atoms with E-state index < -0.39 is 10.0 Å². The fourth-order valence-corrected chi connectivity index (χ4v) is 4.08. The van der Waals surface area contributed by atoms with Crippen molar-refractivity contribution in [2.24, 2.45) is 0 Å². The Balaban J connectivity index is 1.99. The van der Waals surface area contributed by atoms with E-state index in [2.05, 4.69) is 9.97 Å². The first-order valence-electron chi connectivity index (χ1n) is 8.05. The molecular weight excluding hydrogens is 382 g/mol. The number of para-hydroxylation sites is 1. The monoisotopic (exact) mass is 397 g/mol. The second-order valence-electron chi connectivity index (χ2n) is 6.15. The smallest absolute Gasteiger partial charge is 0.236 e. The van der Waals surface area contributed by atoms with Gasteiger partial charge in [0.25, 0.3) is 0 Å². The van der Waals surface area contributed by atoms with Crippen molar-refractivity contribution >= 4 is 33.1 Å². The van der Waals surface area contributed by atoms with Gasteiger partial charge in [0.2, 0.25) is 10.0 Å². The van der Waals surface area contributed by atoms with Crippen molar-refractivity contribution in [3.8, 4) is 28.3 Å². The summed E-state index contributed by atoms with van der Waals surface area (Å²) in [6.45, 7) is 0. The molecule has 0 aliphatic heterocycles. The predicted octanol–water partition coefficient (Wildman–Crippen LogP) is 3.94. The Morgan fingerprint density at radius 3 is 2.63 bits per heavy atom. The zero-order chi connectivity index (χ0) is 19.2. The lowest BCUT2D eigenvalue weighted by atomic mass is 10.1. The normalized spacial score (nSPS) is 11.7. The van der Waals surface area contributed by atoms with Gasteiger partial charge in [-0.3, -0.25) is 0 Å². The van der Waals surface area contributed by atoms with Gasteiger partial charge in [-0.2, -0.15) is 0 Å². The van der Waals surface area contributed by atoms with Gasteiger partial charge in [-0.1, -0.05) is 30.3 Å². The van der Waals surface area contributed by atoms with Gasteiger partial charge >= 0.3 is 0 Å². The van der Waals surface area contributed by atoms with E-state index >= 15 is 0 Å². The van der Waals surface area contributed by atoms with Gasteiger partial charge in [-0.15, -0.1) is 0 Å². The van der Waals surface area contributed by atoms with Crippen molar-refractivity contribution in [2.75, 3.05) is 6.26 Å². The number of hydrogen-bond donors (Lipinski definition) is 2. The van der Waals surface area contributed by atoms with E-state index in [0.717, 1.165) is 11.6 Å². The molecule has 6 nitrogen and oxygen atoms in total. The maximum atomic E-state index is 12.2. The van der Waals surface area contributed by atoms with E-state index in [1.807, 2.05) is 18.2 Å². The molecule has 0 fully saturated rings. The zero-order valence-electron chi connectivity index (χ0n) is 14.2. The number of H-pyrrole nitrogens is 1. The van der Waals surface area contributed by atoms with Crippen LogP contribution in [0.5, 0.6) is 5.75 Å². The highest BCUT2D eigenvalue weighted by molar-refractivity contribution is 7.89. The first kappa shape index (κ1) is 17.4. The Labute approximate surface area is 160 Å². The van der Waals surface area contributed by atoms with Crippen LogP contribution in [0.15, 0.2) is 60.8 Å². The molecule has 4 aromatic rings. The van der Waals surface area contributed by atoms with Gasteiger partial charge in [0, 0.05) is 22.7 Å². The van der Waals surface area contributed by atoms with E-state index in [1.54, 1.807) is 42.6 Å². The van der Waals surface area contributed by atoms with Gasteiger partial charge in [-0.05, 0) is 36.5 Å². The third kappa shape index (κ3) is 3.24. The highest BCUT2D eigenvalue weighted by atomic mass is 32.2. The second kappa shape index (κ2) is 6.33. The first-order chi connectivity index (χ1) is 12.8. The fraction of sp³-hybridized carbons (Fsp3) is 0.0526. The van der Waals surface area contributed by atoms with Crippen LogP contribution in [0.3, 0.4) is 0 Å². The van der Waals surface area contributed by atoms with E-state index in [0.29, 0.717) is 28.0 Å². The maximum Gasteiger partial charge on any atom is 0.236 e. The van der Waals surface area contributed by atoms with Gasteiger partial charge in [0.1, 0.15) is 5.75 Å². The summed E-state index contributed by atoms with van der Waals surface area (Å²) in [6.07, 6.45) is 2.74.